The number of benzene rings is 1. The molecule has 0 amide bonds. The van der Waals surface area contributed by atoms with Gasteiger partial charge in [0.05, 0.1) is 12.6 Å². The first kappa shape index (κ1) is 16.6. The maximum atomic E-state index is 5.68. The number of aliphatic imine (C=N–C) groups is 1. The average Bonchev–Trinajstić information content (AvgIpc) is 3.04. The van der Waals surface area contributed by atoms with Crippen LogP contribution in [0.3, 0.4) is 0 Å². The molecule has 2 N–H and O–H groups in total. The van der Waals surface area contributed by atoms with Crippen molar-refractivity contribution in [1.82, 2.24) is 10.6 Å². The van der Waals surface area contributed by atoms with Gasteiger partial charge >= 0.3 is 0 Å². The molecule has 0 radical (unpaired) electrons. The molecular weight excluding hydrogens is 278 g/mol. The minimum absolute atomic E-state index is 0.412. The van der Waals surface area contributed by atoms with E-state index in [-0.39, 0.29) is 0 Å². The summed E-state index contributed by atoms with van der Waals surface area (Å²) < 4.78 is 11.3. The highest BCUT2D eigenvalue weighted by atomic mass is 16.5. The van der Waals surface area contributed by atoms with E-state index in [0.29, 0.717) is 19.3 Å². The van der Waals surface area contributed by atoms with Crippen molar-refractivity contribution in [3.63, 3.8) is 0 Å². The molecular formula is C17H27N3O2. The summed E-state index contributed by atoms with van der Waals surface area (Å²) in [6.07, 6.45) is 3.81. The molecule has 2 rings (SSSR count). The summed E-state index contributed by atoms with van der Waals surface area (Å²) in [7, 11) is 1.78. The zero-order valence-electron chi connectivity index (χ0n) is 13.6. The summed E-state index contributed by atoms with van der Waals surface area (Å²) in [6, 6.07) is 8.08. The third-order valence-corrected chi connectivity index (χ3v) is 3.69. The predicted molar refractivity (Wildman–Crippen MR) is 89.6 cm³/mol. The molecule has 0 aliphatic carbocycles. The van der Waals surface area contributed by atoms with Gasteiger partial charge in [0.15, 0.2) is 5.96 Å². The molecule has 0 saturated carbocycles. The fourth-order valence-corrected chi connectivity index (χ4v) is 2.42. The fraction of sp³-hybridized carbons (Fsp3) is 0.588. The Kier molecular flexibility index (Phi) is 7.03. The van der Waals surface area contributed by atoms with E-state index >= 15 is 0 Å². The molecule has 5 nitrogen and oxygen atoms in total. The summed E-state index contributed by atoms with van der Waals surface area (Å²) in [5, 5.41) is 6.56. The SMILES string of the molecule is CN=C(NCCOc1ccc(C)cc1)NCCC1CCCO1. The quantitative estimate of drug-likeness (QED) is 0.460. The molecule has 1 aromatic rings. The number of hydrogen-bond donors (Lipinski definition) is 2. The van der Waals surface area contributed by atoms with Crippen LogP contribution in [-0.2, 0) is 4.74 Å². The summed E-state index contributed by atoms with van der Waals surface area (Å²) in [4.78, 5) is 4.21. The third kappa shape index (κ3) is 5.93. The number of hydrogen-bond acceptors (Lipinski definition) is 3. The van der Waals surface area contributed by atoms with Gasteiger partial charge in [-0.3, -0.25) is 4.99 Å². The van der Waals surface area contributed by atoms with E-state index in [4.69, 9.17) is 9.47 Å². The highest BCUT2D eigenvalue weighted by molar-refractivity contribution is 5.79. The molecule has 5 heteroatoms. The highest BCUT2D eigenvalue weighted by Crippen LogP contribution is 2.14. The van der Waals surface area contributed by atoms with Crippen LogP contribution in [0.1, 0.15) is 24.8 Å². The van der Waals surface area contributed by atoms with Crippen LogP contribution < -0.4 is 15.4 Å². The van der Waals surface area contributed by atoms with Crippen molar-refractivity contribution in [3.05, 3.63) is 29.8 Å². The standard InChI is InChI=1S/C17H27N3O2/c1-14-5-7-16(8-6-14)22-13-11-20-17(18-2)19-10-9-15-4-3-12-21-15/h5-8,15H,3-4,9-13H2,1-2H3,(H2,18,19,20). The molecule has 1 unspecified atom stereocenters. The van der Waals surface area contributed by atoms with Gasteiger partial charge in [-0.05, 0) is 38.3 Å². The van der Waals surface area contributed by atoms with Crippen LogP contribution in [0, 0.1) is 6.92 Å². The lowest BCUT2D eigenvalue weighted by Gasteiger charge is -2.14. The number of rotatable bonds is 7. The summed E-state index contributed by atoms with van der Waals surface area (Å²) in [6.45, 7) is 5.18. The van der Waals surface area contributed by atoms with Crippen molar-refractivity contribution in [2.75, 3.05) is 33.4 Å². The molecule has 1 aliphatic rings. The Hall–Kier alpha value is -1.75. The summed E-state index contributed by atoms with van der Waals surface area (Å²) in [5.41, 5.74) is 1.24. The van der Waals surface area contributed by atoms with Gasteiger partial charge < -0.3 is 20.1 Å². The normalized spacial score (nSPS) is 18.3. The number of guanidine groups is 1. The van der Waals surface area contributed by atoms with Crippen LogP contribution in [0.25, 0.3) is 0 Å². The third-order valence-electron chi connectivity index (χ3n) is 3.69. The first-order chi connectivity index (χ1) is 10.8. The number of nitrogens with one attached hydrogen (secondary N) is 2. The molecule has 1 fully saturated rings. The number of ether oxygens (including phenoxy) is 2. The molecule has 122 valence electrons. The van der Waals surface area contributed by atoms with E-state index in [0.717, 1.165) is 31.3 Å². The number of nitrogens with zero attached hydrogens (tertiary/aromatic N) is 1. The largest absolute Gasteiger partial charge is 0.492 e. The zero-order valence-corrected chi connectivity index (χ0v) is 13.6. The molecule has 0 spiro atoms. The zero-order chi connectivity index (χ0) is 15.6. The first-order valence-electron chi connectivity index (χ1n) is 8.03. The molecule has 1 atom stereocenters. The summed E-state index contributed by atoms with van der Waals surface area (Å²) in [5.74, 6) is 1.71. The average molecular weight is 305 g/mol. The molecule has 0 bridgehead atoms. The van der Waals surface area contributed by atoms with Gasteiger partial charge in [0.25, 0.3) is 0 Å². The smallest absolute Gasteiger partial charge is 0.191 e. The Balaban J connectivity index is 1.56. The monoisotopic (exact) mass is 305 g/mol. The lowest BCUT2D eigenvalue weighted by molar-refractivity contribution is 0.105. The summed E-state index contributed by atoms with van der Waals surface area (Å²) >= 11 is 0. The Morgan fingerprint density at radius 2 is 2.05 bits per heavy atom. The fourth-order valence-electron chi connectivity index (χ4n) is 2.42. The van der Waals surface area contributed by atoms with Gasteiger partial charge in [-0.2, -0.15) is 0 Å². The molecule has 22 heavy (non-hydrogen) atoms. The van der Waals surface area contributed by atoms with Crippen LogP contribution in [-0.4, -0.2) is 45.4 Å². The van der Waals surface area contributed by atoms with Gasteiger partial charge in [0.2, 0.25) is 0 Å². The van der Waals surface area contributed by atoms with Crippen molar-refractivity contribution in [1.29, 1.82) is 0 Å². The number of aryl methyl sites for hydroxylation is 1. The predicted octanol–water partition coefficient (Wildman–Crippen LogP) is 2.11. The van der Waals surface area contributed by atoms with E-state index in [2.05, 4.69) is 22.5 Å². The van der Waals surface area contributed by atoms with Crippen LogP contribution in [0.4, 0.5) is 0 Å². The van der Waals surface area contributed by atoms with Gasteiger partial charge in [0, 0.05) is 20.2 Å². The Bertz CT molecular complexity index is 453. The van der Waals surface area contributed by atoms with Gasteiger partial charge in [-0.1, -0.05) is 17.7 Å². The van der Waals surface area contributed by atoms with Crippen molar-refractivity contribution in [2.24, 2.45) is 4.99 Å². The maximum Gasteiger partial charge on any atom is 0.191 e. The van der Waals surface area contributed by atoms with Gasteiger partial charge in [-0.25, -0.2) is 0 Å². The topological polar surface area (TPSA) is 54.9 Å². The molecule has 1 aliphatic heterocycles. The lowest BCUT2D eigenvalue weighted by Crippen LogP contribution is -2.40. The minimum atomic E-state index is 0.412. The Labute approximate surface area is 133 Å². The lowest BCUT2D eigenvalue weighted by atomic mass is 10.2. The van der Waals surface area contributed by atoms with E-state index in [9.17, 15) is 0 Å². The maximum absolute atomic E-state index is 5.68. The van der Waals surface area contributed by atoms with E-state index in [1.54, 1.807) is 7.05 Å². The van der Waals surface area contributed by atoms with Crippen molar-refractivity contribution in [2.45, 2.75) is 32.3 Å². The minimum Gasteiger partial charge on any atom is -0.492 e. The van der Waals surface area contributed by atoms with Crippen LogP contribution in [0.15, 0.2) is 29.3 Å². The van der Waals surface area contributed by atoms with Crippen molar-refractivity contribution < 1.29 is 9.47 Å². The van der Waals surface area contributed by atoms with E-state index < -0.39 is 0 Å². The second kappa shape index (κ2) is 9.30. The first-order valence-corrected chi connectivity index (χ1v) is 8.03. The second-order valence-corrected chi connectivity index (χ2v) is 5.51. The van der Waals surface area contributed by atoms with Crippen molar-refractivity contribution in [3.8, 4) is 5.75 Å². The van der Waals surface area contributed by atoms with Gasteiger partial charge in [-0.15, -0.1) is 0 Å². The van der Waals surface area contributed by atoms with Gasteiger partial charge in [0.1, 0.15) is 12.4 Å². The second-order valence-electron chi connectivity index (χ2n) is 5.51. The van der Waals surface area contributed by atoms with Crippen molar-refractivity contribution >= 4 is 5.96 Å². The van der Waals surface area contributed by atoms with Crippen LogP contribution in [0.2, 0.25) is 0 Å². The Morgan fingerprint density at radius 1 is 1.27 bits per heavy atom. The van der Waals surface area contributed by atoms with E-state index in [1.165, 1.54) is 18.4 Å². The molecule has 0 aromatic heterocycles. The van der Waals surface area contributed by atoms with E-state index in [1.807, 2.05) is 24.3 Å². The van der Waals surface area contributed by atoms with Crippen LogP contribution in [0.5, 0.6) is 5.75 Å². The molecule has 1 saturated heterocycles. The molecule has 1 aromatic carbocycles. The Morgan fingerprint density at radius 3 is 2.73 bits per heavy atom. The molecule has 1 heterocycles. The highest BCUT2D eigenvalue weighted by Gasteiger charge is 2.14. The van der Waals surface area contributed by atoms with Crippen LogP contribution >= 0.6 is 0 Å².